The van der Waals surface area contributed by atoms with Crippen LogP contribution in [0.25, 0.3) is 0 Å². The summed E-state index contributed by atoms with van der Waals surface area (Å²) < 4.78 is 6.47. The van der Waals surface area contributed by atoms with Crippen molar-refractivity contribution in [3.05, 3.63) is 58.3 Å². The summed E-state index contributed by atoms with van der Waals surface area (Å²) in [6.45, 7) is 2.16. The Labute approximate surface area is 130 Å². The van der Waals surface area contributed by atoms with Gasteiger partial charge >= 0.3 is 0 Å². The summed E-state index contributed by atoms with van der Waals surface area (Å²) >= 11 is 7.23. The Morgan fingerprint density at radius 3 is 2.63 bits per heavy atom. The molecule has 0 spiro atoms. The third-order valence-corrected chi connectivity index (χ3v) is 4.87. The lowest BCUT2D eigenvalue weighted by Crippen LogP contribution is -2.05. The molecule has 0 radical (unpaired) electrons. The van der Waals surface area contributed by atoms with E-state index in [9.17, 15) is 0 Å². The number of halogens is 2. The number of ether oxygens (including phenoxy) is 1. The van der Waals surface area contributed by atoms with Crippen LogP contribution in [0.1, 0.15) is 28.9 Å². The normalized spacial score (nSPS) is 13.9. The number of hydrogen-bond donors (Lipinski definition) is 0. The topological polar surface area (TPSA) is 22.1 Å². The summed E-state index contributed by atoms with van der Waals surface area (Å²) in [6, 6.07) is 12.1. The van der Waals surface area contributed by atoms with Crippen LogP contribution in [0.4, 0.5) is 0 Å². The van der Waals surface area contributed by atoms with Crippen molar-refractivity contribution in [1.82, 2.24) is 4.98 Å². The van der Waals surface area contributed by atoms with E-state index in [1.807, 2.05) is 36.5 Å². The first-order valence-electron chi connectivity index (χ1n) is 6.02. The van der Waals surface area contributed by atoms with Gasteiger partial charge in [-0.3, -0.25) is 4.98 Å². The predicted octanol–water partition coefficient (Wildman–Crippen LogP) is 5.09. The zero-order valence-corrected chi connectivity index (χ0v) is 14.0. The van der Waals surface area contributed by atoms with Crippen molar-refractivity contribution in [3.8, 4) is 5.75 Å². The van der Waals surface area contributed by atoms with Gasteiger partial charge in [-0.25, -0.2) is 0 Å². The molecule has 1 aromatic heterocycles. The second kappa shape index (κ2) is 6.53. The molecule has 19 heavy (non-hydrogen) atoms. The molecule has 0 bridgehead atoms. The summed E-state index contributed by atoms with van der Waals surface area (Å²) in [4.78, 5) is 4.58. The molecule has 2 aromatic rings. The fraction of sp³-hybridized carbons (Fsp3) is 0.267. The zero-order valence-electron chi connectivity index (χ0n) is 10.8. The second-order valence-electron chi connectivity index (χ2n) is 4.33. The van der Waals surface area contributed by atoms with E-state index in [1.165, 1.54) is 0 Å². The summed E-state index contributed by atoms with van der Waals surface area (Å²) in [6.07, 6.45) is 1.82. The van der Waals surface area contributed by atoms with E-state index in [0.717, 1.165) is 21.5 Å². The summed E-state index contributed by atoms with van der Waals surface area (Å²) in [5, 5.41) is 0. The van der Waals surface area contributed by atoms with Gasteiger partial charge in [-0.1, -0.05) is 50.9 Å². The molecule has 2 nitrogen and oxygen atoms in total. The van der Waals surface area contributed by atoms with Gasteiger partial charge in [-0.2, -0.15) is 0 Å². The van der Waals surface area contributed by atoms with Gasteiger partial charge in [0.2, 0.25) is 0 Å². The molecule has 2 unspecified atom stereocenters. The van der Waals surface area contributed by atoms with Crippen LogP contribution in [0.5, 0.6) is 5.75 Å². The van der Waals surface area contributed by atoms with Crippen LogP contribution in [0.2, 0.25) is 0 Å². The van der Waals surface area contributed by atoms with Gasteiger partial charge in [0.05, 0.1) is 11.9 Å². The molecule has 0 saturated heterocycles. The molecule has 1 heterocycles. The SMILES string of the molecule is COc1cc(Br)ccc1C(Br)C(C)c1ccccn1. The maximum atomic E-state index is 5.45. The fourth-order valence-corrected chi connectivity index (χ4v) is 2.97. The quantitative estimate of drug-likeness (QED) is 0.684. The van der Waals surface area contributed by atoms with E-state index in [1.54, 1.807) is 7.11 Å². The lowest BCUT2D eigenvalue weighted by molar-refractivity contribution is 0.408. The highest BCUT2D eigenvalue weighted by molar-refractivity contribution is 9.10. The molecule has 0 aliphatic rings. The minimum absolute atomic E-state index is 0.158. The minimum Gasteiger partial charge on any atom is -0.496 e. The lowest BCUT2D eigenvalue weighted by atomic mass is 9.97. The van der Waals surface area contributed by atoms with Gasteiger partial charge in [0, 0.05) is 27.8 Å². The molecule has 4 heteroatoms. The van der Waals surface area contributed by atoms with Gasteiger partial charge < -0.3 is 4.74 Å². The maximum Gasteiger partial charge on any atom is 0.124 e. The van der Waals surface area contributed by atoms with Crippen LogP contribution >= 0.6 is 31.9 Å². The standard InChI is InChI=1S/C15H15Br2NO/c1-10(13-5-3-4-8-18-13)15(17)12-7-6-11(16)9-14(12)19-2/h3-10,15H,1-2H3. The van der Waals surface area contributed by atoms with Crippen molar-refractivity contribution in [2.24, 2.45) is 0 Å². The summed E-state index contributed by atoms with van der Waals surface area (Å²) in [5.41, 5.74) is 2.19. The van der Waals surface area contributed by atoms with Gasteiger partial charge in [-0.05, 0) is 24.3 Å². The third-order valence-electron chi connectivity index (χ3n) is 3.09. The Kier molecular flexibility index (Phi) is 4.99. The Bertz CT molecular complexity index is 545. The van der Waals surface area contributed by atoms with Crippen LogP contribution < -0.4 is 4.74 Å². The minimum atomic E-state index is 0.158. The monoisotopic (exact) mass is 383 g/mol. The molecule has 2 atom stereocenters. The highest BCUT2D eigenvalue weighted by atomic mass is 79.9. The average Bonchev–Trinajstić information content (AvgIpc) is 2.46. The van der Waals surface area contributed by atoms with Crippen molar-refractivity contribution in [2.45, 2.75) is 17.7 Å². The lowest BCUT2D eigenvalue weighted by Gasteiger charge is -2.20. The van der Waals surface area contributed by atoms with E-state index < -0.39 is 0 Å². The number of hydrogen-bond acceptors (Lipinski definition) is 2. The van der Waals surface area contributed by atoms with Crippen LogP contribution in [0.3, 0.4) is 0 Å². The van der Waals surface area contributed by atoms with Gasteiger partial charge in [-0.15, -0.1) is 0 Å². The van der Waals surface area contributed by atoms with Gasteiger partial charge in [0.1, 0.15) is 5.75 Å². The molecule has 0 fully saturated rings. The van der Waals surface area contributed by atoms with E-state index in [-0.39, 0.29) is 10.7 Å². The third kappa shape index (κ3) is 3.37. The van der Waals surface area contributed by atoms with Crippen LogP contribution in [-0.4, -0.2) is 12.1 Å². The first kappa shape index (κ1) is 14.5. The average molecular weight is 385 g/mol. The smallest absolute Gasteiger partial charge is 0.124 e. The molecule has 0 amide bonds. The van der Waals surface area contributed by atoms with Crippen molar-refractivity contribution < 1.29 is 4.74 Å². The number of rotatable bonds is 4. The Hall–Kier alpha value is -0.870. The summed E-state index contributed by atoms with van der Waals surface area (Å²) in [5.74, 6) is 1.13. The summed E-state index contributed by atoms with van der Waals surface area (Å²) in [7, 11) is 1.69. The molecular weight excluding hydrogens is 370 g/mol. The van der Waals surface area contributed by atoms with Crippen LogP contribution in [-0.2, 0) is 0 Å². The first-order valence-corrected chi connectivity index (χ1v) is 7.72. The Morgan fingerprint density at radius 2 is 2.00 bits per heavy atom. The second-order valence-corrected chi connectivity index (χ2v) is 6.23. The van der Waals surface area contributed by atoms with E-state index in [4.69, 9.17) is 4.74 Å². The number of nitrogens with zero attached hydrogens (tertiary/aromatic N) is 1. The zero-order chi connectivity index (χ0) is 13.8. The van der Waals surface area contributed by atoms with Crippen LogP contribution in [0.15, 0.2) is 47.1 Å². The molecule has 1 aromatic carbocycles. The molecule has 0 saturated carbocycles. The number of alkyl halides is 1. The number of aromatic nitrogens is 1. The Morgan fingerprint density at radius 1 is 1.21 bits per heavy atom. The Balaban J connectivity index is 2.31. The van der Waals surface area contributed by atoms with Crippen molar-refractivity contribution in [2.75, 3.05) is 7.11 Å². The van der Waals surface area contributed by atoms with Crippen molar-refractivity contribution in [3.63, 3.8) is 0 Å². The molecular formula is C15H15Br2NO. The number of methoxy groups -OCH3 is 1. The fourth-order valence-electron chi connectivity index (χ4n) is 1.98. The molecule has 2 rings (SSSR count). The van der Waals surface area contributed by atoms with Gasteiger partial charge in [0.15, 0.2) is 0 Å². The van der Waals surface area contributed by atoms with E-state index in [2.05, 4.69) is 49.8 Å². The van der Waals surface area contributed by atoms with E-state index >= 15 is 0 Å². The number of pyridine rings is 1. The largest absolute Gasteiger partial charge is 0.496 e. The van der Waals surface area contributed by atoms with Crippen LogP contribution in [0, 0.1) is 0 Å². The highest BCUT2D eigenvalue weighted by Gasteiger charge is 2.22. The maximum absolute atomic E-state index is 5.45. The van der Waals surface area contributed by atoms with Crippen molar-refractivity contribution in [1.29, 1.82) is 0 Å². The molecule has 0 N–H and O–H groups in total. The van der Waals surface area contributed by atoms with Gasteiger partial charge in [0.25, 0.3) is 0 Å². The molecule has 0 aliphatic heterocycles. The first-order chi connectivity index (χ1) is 9.13. The van der Waals surface area contributed by atoms with Crippen molar-refractivity contribution >= 4 is 31.9 Å². The number of benzene rings is 1. The predicted molar refractivity (Wildman–Crippen MR) is 85.0 cm³/mol. The molecule has 100 valence electrons. The van der Waals surface area contributed by atoms with E-state index in [0.29, 0.717) is 0 Å². The molecule has 0 aliphatic carbocycles. The highest BCUT2D eigenvalue weighted by Crippen LogP contribution is 2.41.